The van der Waals surface area contributed by atoms with Crippen molar-refractivity contribution in [2.24, 2.45) is 0 Å². The fourth-order valence-electron chi connectivity index (χ4n) is 2.62. The molecule has 1 atom stereocenters. The maximum absolute atomic E-state index is 12.6. The maximum atomic E-state index is 12.6. The highest BCUT2D eigenvalue weighted by Crippen LogP contribution is 2.26. The Hall–Kier alpha value is -1.42. The molecule has 0 spiro atoms. The molecule has 1 saturated heterocycles. The maximum Gasteiger partial charge on any atom is 0.287 e. The Kier molecular flexibility index (Phi) is 6.39. The number of aliphatic hydroxyl groups excluding tert-OH is 1. The number of hydrogen-bond acceptors (Lipinski definition) is 6. The quantitative estimate of drug-likeness (QED) is 0.699. The van der Waals surface area contributed by atoms with Crippen molar-refractivity contribution >= 4 is 15.9 Å². The van der Waals surface area contributed by atoms with Crippen molar-refractivity contribution in [1.82, 2.24) is 9.62 Å². The van der Waals surface area contributed by atoms with Crippen LogP contribution in [0.2, 0.25) is 0 Å². The van der Waals surface area contributed by atoms with Crippen molar-refractivity contribution in [3.8, 4) is 0 Å². The molecule has 1 fully saturated rings. The number of furan rings is 1. The molecule has 2 N–H and O–H groups in total. The molecule has 1 amide bonds. The molecule has 1 aliphatic rings. The summed E-state index contributed by atoms with van der Waals surface area (Å²) in [4.78, 5) is 12.1. The first-order chi connectivity index (χ1) is 11.4. The molecular weight excluding hydrogens is 336 g/mol. The molecule has 2 heterocycles. The number of nitrogens with one attached hydrogen (secondary N) is 1. The van der Waals surface area contributed by atoms with Crippen LogP contribution in [0.25, 0.3) is 0 Å². The average Bonchev–Trinajstić information content (AvgIpc) is 3.17. The van der Waals surface area contributed by atoms with Gasteiger partial charge in [-0.3, -0.25) is 4.79 Å². The van der Waals surface area contributed by atoms with Gasteiger partial charge in [0.05, 0.1) is 12.7 Å². The lowest BCUT2D eigenvalue weighted by Gasteiger charge is -2.14. The summed E-state index contributed by atoms with van der Waals surface area (Å²) in [7, 11) is -2.14. The summed E-state index contributed by atoms with van der Waals surface area (Å²) in [5, 5.41) is 12.1. The number of carbonyl (C=O) groups is 1. The van der Waals surface area contributed by atoms with Crippen LogP contribution < -0.4 is 5.32 Å². The van der Waals surface area contributed by atoms with Gasteiger partial charge in [-0.2, -0.15) is 4.31 Å². The molecule has 0 bridgehead atoms. The van der Waals surface area contributed by atoms with E-state index in [2.05, 4.69) is 5.32 Å². The predicted molar refractivity (Wildman–Crippen MR) is 86.3 cm³/mol. The number of nitrogens with zero attached hydrogens (tertiary/aromatic N) is 1. The number of aliphatic hydroxyl groups is 1. The lowest BCUT2D eigenvalue weighted by molar-refractivity contribution is 0.0586. The third-order valence-corrected chi connectivity index (χ3v) is 5.91. The number of ether oxygens (including phenoxy) is 1. The van der Waals surface area contributed by atoms with Crippen molar-refractivity contribution in [1.29, 1.82) is 0 Å². The molecule has 136 valence electrons. The normalized spacial score (nSPS) is 17.1. The van der Waals surface area contributed by atoms with Gasteiger partial charge in [0.25, 0.3) is 5.91 Å². The largest absolute Gasteiger partial charge is 0.455 e. The van der Waals surface area contributed by atoms with Crippen molar-refractivity contribution in [2.75, 3.05) is 33.4 Å². The predicted octanol–water partition coefficient (Wildman–Crippen LogP) is 0.500. The summed E-state index contributed by atoms with van der Waals surface area (Å²) in [6, 6.07) is 1.27. The molecule has 9 heteroatoms. The zero-order valence-corrected chi connectivity index (χ0v) is 14.8. The van der Waals surface area contributed by atoms with E-state index in [1.54, 1.807) is 0 Å². The van der Waals surface area contributed by atoms with E-state index in [0.717, 1.165) is 12.8 Å². The first-order valence-corrected chi connectivity index (χ1v) is 9.36. The van der Waals surface area contributed by atoms with Crippen LogP contribution in [0.3, 0.4) is 0 Å². The van der Waals surface area contributed by atoms with Crippen molar-refractivity contribution in [3.63, 3.8) is 0 Å². The van der Waals surface area contributed by atoms with E-state index in [-0.39, 0.29) is 29.6 Å². The number of carbonyl (C=O) groups excluding carboxylic acids is 1. The first kappa shape index (κ1) is 18.9. The molecule has 0 aromatic carbocycles. The van der Waals surface area contributed by atoms with E-state index < -0.39 is 22.0 Å². The van der Waals surface area contributed by atoms with Crippen LogP contribution in [-0.2, 0) is 14.8 Å². The topological polar surface area (TPSA) is 109 Å². The molecule has 1 aromatic heterocycles. The van der Waals surface area contributed by atoms with Gasteiger partial charge in [0.2, 0.25) is 10.0 Å². The van der Waals surface area contributed by atoms with Crippen LogP contribution in [0.5, 0.6) is 0 Å². The van der Waals surface area contributed by atoms with Crippen molar-refractivity contribution in [2.45, 2.75) is 37.2 Å². The highest BCUT2D eigenvalue weighted by molar-refractivity contribution is 7.89. The molecule has 1 aliphatic heterocycles. The first-order valence-electron chi connectivity index (χ1n) is 7.92. The molecule has 0 saturated carbocycles. The van der Waals surface area contributed by atoms with Gasteiger partial charge in [0.15, 0.2) is 5.76 Å². The average molecular weight is 360 g/mol. The summed E-state index contributed by atoms with van der Waals surface area (Å²) in [5.74, 6) is -0.358. The van der Waals surface area contributed by atoms with Gasteiger partial charge in [-0.15, -0.1) is 0 Å². The lowest BCUT2D eigenvalue weighted by atomic mass is 10.2. The van der Waals surface area contributed by atoms with E-state index in [4.69, 9.17) is 9.15 Å². The summed E-state index contributed by atoms with van der Waals surface area (Å²) in [6.07, 6.45) is 1.35. The van der Waals surface area contributed by atoms with Crippen LogP contribution in [0.4, 0.5) is 0 Å². The van der Waals surface area contributed by atoms with Crippen LogP contribution in [0.1, 0.15) is 35.6 Å². The third-order valence-electron chi connectivity index (χ3n) is 3.90. The highest BCUT2D eigenvalue weighted by Gasteiger charge is 2.31. The van der Waals surface area contributed by atoms with Crippen LogP contribution in [-0.4, -0.2) is 63.2 Å². The summed E-state index contributed by atoms with van der Waals surface area (Å²) in [5.41, 5.74) is 0. The number of rotatable bonds is 8. The fourth-order valence-corrected chi connectivity index (χ4v) is 4.29. The lowest BCUT2D eigenvalue weighted by Crippen LogP contribution is -2.29. The van der Waals surface area contributed by atoms with Crippen molar-refractivity contribution in [3.05, 3.63) is 17.6 Å². The van der Waals surface area contributed by atoms with E-state index in [0.29, 0.717) is 19.5 Å². The summed E-state index contributed by atoms with van der Waals surface area (Å²) >= 11 is 0. The molecule has 1 aromatic rings. The second kappa shape index (κ2) is 8.11. The van der Waals surface area contributed by atoms with E-state index in [1.165, 1.54) is 24.4 Å². The Morgan fingerprint density at radius 1 is 1.46 bits per heavy atom. The van der Waals surface area contributed by atoms with E-state index in [9.17, 15) is 18.3 Å². The standard InChI is InChI=1S/C15H24N2O6S/c1-11-14(24(20,21)17-7-3-4-8-17)9-13(23-11)15(19)16-6-5-12(18)10-22-2/h9,12,18H,3-8,10H2,1-2H3,(H,16,19)/t12-/m1/s1. The Balaban J connectivity index is 2.01. The minimum absolute atomic E-state index is 0.0361. The van der Waals surface area contributed by atoms with Gasteiger partial charge < -0.3 is 19.6 Å². The molecule has 8 nitrogen and oxygen atoms in total. The second-order valence-electron chi connectivity index (χ2n) is 5.80. The monoisotopic (exact) mass is 360 g/mol. The third kappa shape index (κ3) is 4.35. The number of sulfonamides is 1. The van der Waals surface area contributed by atoms with E-state index >= 15 is 0 Å². The van der Waals surface area contributed by atoms with Crippen molar-refractivity contribution < 1.29 is 27.5 Å². The molecule has 2 rings (SSSR count). The van der Waals surface area contributed by atoms with Crippen LogP contribution in [0, 0.1) is 6.92 Å². The second-order valence-corrected chi connectivity index (χ2v) is 7.70. The van der Waals surface area contributed by atoms with Crippen LogP contribution >= 0.6 is 0 Å². The molecule has 24 heavy (non-hydrogen) atoms. The Labute approximate surface area is 141 Å². The minimum atomic E-state index is -3.62. The van der Waals surface area contributed by atoms with Gasteiger partial charge in [0.1, 0.15) is 10.7 Å². The van der Waals surface area contributed by atoms with Gasteiger partial charge in [-0.25, -0.2) is 8.42 Å². The molecular formula is C15H24N2O6S. The van der Waals surface area contributed by atoms with Gasteiger partial charge >= 0.3 is 0 Å². The smallest absolute Gasteiger partial charge is 0.287 e. The van der Waals surface area contributed by atoms with Gasteiger partial charge in [-0.1, -0.05) is 0 Å². The minimum Gasteiger partial charge on any atom is -0.455 e. The number of methoxy groups -OCH3 is 1. The highest BCUT2D eigenvalue weighted by atomic mass is 32.2. The molecule has 0 unspecified atom stereocenters. The Bertz CT molecular complexity index is 664. The van der Waals surface area contributed by atoms with Gasteiger partial charge in [-0.05, 0) is 26.2 Å². The Morgan fingerprint density at radius 2 is 2.12 bits per heavy atom. The van der Waals surface area contributed by atoms with E-state index in [1.807, 2.05) is 0 Å². The summed E-state index contributed by atoms with van der Waals surface area (Å²) < 4.78 is 36.6. The molecule has 0 aliphatic carbocycles. The van der Waals surface area contributed by atoms with Gasteiger partial charge in [0, 0.05) is 32.8 Å². The number of aryl methyl sites for hydroxylation is 1. The fraction of sp³-hybridized carbons (Fsp3) is 0.667. The summed E-state index contributed by atoms with van der Waals surface area (Å²) in [6.45, 7) is 2.94. The number of hydrogen-bond donors (Lipinski definition) is 2. The molecule has 0 radical (unpaired) electrons. The number of amides is 1. The zero-order chi connectivity index (χ0) is 17.7. The zero-order valence-electron chi connectivity index (χ0n) is 13.9. The Morgan fingerprint density at radius 3 is 2.75 bits per heavy atom. The van der Waals surface area contributed by atoms with Crippen LogP contribution in [0.15, 0.2) is 15.4 Å². The SMILES string of the molecule is COC[C@H](O)CCNC(=O)c1cc(S(=O)(=O)N2CCCC2)c(C)o1.